The minimum atomic E-state index is -2.07. The third-order valence-corrected chi connectivity index (χ3v) is 7.94. The standard InChI is InChI=1S/C28H41N3O5.2C2H2O4/c1-32-25-11-7-6-10-24(25)31-16-14-29(15-17-31)20-22(30-12-8-5-9-13-30)21-36-23-18-26(33-2)28(35-4)27(19-23)34-3;2*3-1(4)2(5)6/h6-7,10-11,18-19,22H,5,8-9,12-17,20-21H2,1-4H3;2*(H,3,4)(H,5,6). The van der Waals surface area contributed by atoms with Crippen LogP contribution >= 0.6 is 0 Å². The molecule has 0 saturated carbocycles. The van der Waals surface area contributed by atoms with E-state index in [0.717, 1.165) is 44.2 Å². The molecule has 2 aliphatic heterocycles. The van der Waals surface area contributed by atoms with E-state index in [4.69, 9.17) is 63.3 Å². The van der Waals surface area contributed by atoms with E-state index in [9.17, 15) is 0 Å². The molecule has 2 fully saturated rings. The number of piperidine rings is 1. The molecule has 1 unspecified atom stereocenters. The van der Waals surface area contributed by atoms with Crippen LogP contribution in [-0.4, -0.2) is 121 Å². The number of hydrogen-bond acceptors (Lipinski definition) is 12. The van der Waals surface area contributed by atoms with Crippen LogP contribution in [-0.2, 0) is 19.2 Å². The molecule has 48 heavy (non-hydrogen) atoms. The van der Waals surface area contributed by atoms with Crippen molar-refractivity contribution in [3.63, 3.8) is 0 Å². The van der Waals surface area contributed by atoms with Crippen LogP contribution in [0.2, 0.25) is 0 Å². The first kappa shape index (κ1) is 39.2. The first-order valence-corrected chi connectivity index (χ1v) is 15.3. The third-order valence-electron chi connectivity index (χ3n) is 7.94. The van der Waals surface area contributed by atoms with Gasteiger partial charge in [-0.3, -0.25) is 0 Å². The molecule has 0 spiro atoms. The van der Waals surface area contributed by atoms with Crippen molar-refractivity contribution in [2.75, 3.05) is 85.8 Å². The summed E-state index contributed by atoms with van der Waals surface area (Å²) in [5.74, 6) is -4.49. The SMILES string of the molecule is COc1ccccc1N1CC[NH+](CC(COc2cc(OC)c(OC)c(OC)c2)[NH+]2CCCCC2)CC1.O=C([O-])C(=O)O.O=C([O-])C(=O)O. The number of hydrogen-bond donors (Lipinski definition) is 4. The number of ether oxygens (including phenoxy) is 5. The molecule has 266 valence electrons. The minimum Gasteiger partial charge on any atom is -0.539 e. The summed E-state index contributed by atoms with van der Waals surface area (Å²) in [6.45, 7) is 8.54. The summed E-state index contributed by atoms with van der Waals surface area (Å²) < 4.78 is 28.5. The van der Waals surface area contributed by atoms with Crippen LogP contribution in [0, 0.1) is 0 Å². The van der Waals surface area contributed by atoms with Crippen molar-refractivity contribution in [3.05, 3.63) is 36.4 Å². The second-order valence-electron chi connectivity index (χ2n) is 10.9. The number of benzene rings is 2. The number of rotatable bonds is 11. The van der Waals surface area contributed by atoms with Crippen molar-refractivity contribution < 1.29 is 73.1 Å². The Kier molecular flexibility index (Phi) is 16.6. The van der Waals surface area contributed by atoms with Crippen molar-refractivity contribution >= 4 is 29.6 Å². The molecule has 1 atom stereocenters. The van der Waals surface area contributed by atoms with Gasteiger partial charge < -0.3 is 68.4 Å². The number of aliphatic carboxylic acids is 4. The van der Waals surface area contributed by atoms with Gasteiger partial charge in [-0.15, -0.1) is 0 Å². The normalized spacial score (nSPS) is 15.3. The lowest BCUT2D eigenvalue weighted by molar-refractivity contribution is -0.979. The number of anilines is 1. The van der Waals surface area contributed by atoms with Gasteiger partial charge in [-0.1, -0.05) is 12.1 Å². The molecule has 16 nitrogen and oxygen atoms in total. The van der Waals surface area contributed by atoms with E-state index < -0.39 is 23.9 Å². The monoisotopic (exact) mass is 679 g/mol. The molecular formula is C32H45N3O13. The van der Waals surface area contributed by atoms with Gasteiger partial charge in [0.05, 0.1) is 73.4 Å². The molecule has 4 rings (SSSR count). The highest BCUT2D eigenvalue weighted by molar-refractivity contribution is 6.26. The molecule has 2 aliphatic rings. The van der Waals surface area contributed by atoms with Crippen LogP contribution in [0.5, 0.6) is 28.7 Å². The molecule has 2 heterocycles. The fourth-order valence-corrected chi connectivity index (χ4v) is 5.58. The predicted octanol–water partition coefficient (Wildman–Crippen LogP) is -3.42. The number of carboxylic acid groups (broad SMARTS) is 4. The summed E-state index contributed by atoms with van der Waals surface area (Å²) in [5.41, 5.74) is 1.20. The van der Waals surface area contributed by atoms with Gasteiger partial charge in [0.15, 0.2) is 29.5 Å². The Labute approximate surface area is 278 Å². The largest absolute Gasteiger partial charge is 0.539 e. The lowest BCUT2D eigenvalue weighted by Crippen LogP contribution is -3.25. The van der Waals surface area contributed by atoms with Crippen LogP contribution in [0.15, 0.2) is 36.4 Å². The molecule has 0 aromatic heterocycles. The van der Waals surface area contributed by atoms with Gasteiger partial charge in [0, 0.05) is 12.1 Å². The zero-order valence-electron chi connectivity index (χ0n) is 27.7. The van der Waals surface area contributed by atoms with E-state index in [1.165, 1.54) is 38.0 Å². The number of piperazine rings is 1. The van der Waals surface area contributed by atoms with Crippen molar-refractivity contribution in [2.24, 2.45) is 0 Å². The molecular weight excluding hydrogens is 634 g/mol. The Morgan fingerprint density at radius 1 is 0.771 bits per heavy atom. The summed E-state index contributed by atoms with van der Waals surface area (Å²) >= 11 is 0. The quantitative estimate of drug-likeness (QED) is 0.171. The average molecular weight is 680 g/mol. The van der Waals surface area contributed by atoms with Gasteiger partial charge in [0.1, 0.15) is 24.7 Å². The van der Waals surface area contributed by atoms with Crippen LogP contribution in [0.1, 0.15) is 19.3 Å². The first-order valence-electron chi connectivity index (χ1n) is 15.3. The molecule has 2 aromatic carbocycles. The number of quaternary nitrogens is 2. The highest BCUT2D eigenvalue weighted by atomic mass is 16.5. The number of likely N-dealkylation sites (tertiary alicyclic amines) is 1. The Hall–Kier alpha value is -4.96. The maximum Gasteiger partial charge on any atom is 0.351 e. The summed E-state index contributed by atoms with van der Waals surface area (Å²) in [4.78, 5) is 41.8. The highest BCUT2D eigenvalue weighted by Crippen LogP contribution is 2.40. The maximum atomic E-state index is 9.04. The summed E-state index contributed by atoms with van der Waals surface area (Å²) in [6.07, 6.45) is 3.94. The number of para-hydroxylation sites is 2. The maximum absolute atomic E-state index is 9.04. The zero-order chi connectivity index (χ0) is 35.6. The molecule has 0 aliphatic carbocycles. The Bertz CT molecular complexity index is 1270. The van der Waals surface area contributed by atoms with E-state index in [-0.39, 0.29) is 0 Å². The van der Waals surface area contributed by atoms with E-state index in [1.807, 2.05) is 24.3 Å². The minimum absolute atomic E-state index is 0.442. The molecule has 0 amide bonds. The molecule has 4 N–H and O–H groups in total. The van der Waals surface area contributed by atoms with E-state index in [0.29, 0.717) is 29.9 Å². The fourth-order valence-electron chi connectivity index (χ4n) is 5.58. The number of carboxylic acids is 4. The Morgan fingerprint density at radius 2 is 1.27 bits per heavy atom. The number of methoxy groups -OCH3 is 4. The number of carbonyl (C=O) groups is 4. The summed E-state index contributed by atoms with van der Waals surface area (Å²) in [6, 6.07) is 12.6. The third kappa shape index (κ3) is 12.3. The summed E-state index contributed by atoms with van der Waals surface area (Å²) in [7, 11) is 6.64. The molecule has 0 radical (unpaired) electrons. The van der Waals surface area contributed by atoms with Crippen LogP contribution in [0.25, 0.3) is 0 Å². The lowest BCUT2D eigenvalue weighted by Gasteiger charge is -2.37. The fraction of sp³-hybridized carbons (Fsp3) is 0.500. The first-order chi connectivity index (χ1) is 22.9. The van der Waals surface area contributed by atoms with Crippen molar-refractivity contribution in [1.82, 2.24) is 0 Å². The number of carbonyl (C=O) groups excluding carboxylic acids is 2. The van der Waals surface area contributed by atoms with Gasteiger partial charge in [0.2, 0.25) is 5.75 Å². The van der Waals surface area contributed by atoms with Gasteiger partial charge in [-0.25, -0.2) is 9.59 Å². The van der Waals surface area contributed by atoms with E-state index >= 15 is 0 Å². The number of nitrogens with one attached hydrogen (secondary N) is 2. The lowest BCUT2D eigenvalue weighted by atomic mass is 10.1. The molecule has 0 bridgehead atoms. The summed E-state index contributed by atoms with van der Waals surface area (Å²) in [5, 5.41) is 32.6. The van der Waals surface area contributed by atoms with Gasteiger partial charge in [-0.2, -0.15) is 0 Å². The second-order valence-corrected chi connectivity index (χ2v) is 10.9. The van der Waals surface area contributed by atoms with Crippen molar-refractivity contribution in [3.8, 4) is 28.7 Å². The van der Waals surface area contributed by atoms with Gasteiger partial charge in [0.25, 0.3) is 0 Å². The zero-order valence-corrected chi connectivity index (χ0v) is 27.7. The topological polar surface area (TPSA) is 213 Å². The van der Waals surface area contributed by atoms with Crippen LogP contribution < -0.4 is 48.6 Å². The van der Waals surface area contributed by atoms with Crippen LogP contribution in [0.4, 0.5) is 5.69 Å². The molecule has 2 saturated heterocycles. The molecule has 16 heteroatoms. The van der Waals surface area contributed by atoms with E-state index in [2.05, 4.69) is 17.0 Å². The second kappa shape index (κ2) is 20.3. The smallest absolute Gasteiger partial charge is 0.351 e. The van der Waals surface area contributed by atoms with Crippen molar-refractivity contribution in [2.45, 2.75) is 25.3 Å². The predicted molar refractivity (Wildman–Crippen MR) is 166 cm³/mol. The average Bonchev–Trinajstić information content (AvgIpc) is 3.10. The Morgan fingerprint density at radius 3 is 1.73 bits per heavy atom. The Balaban J connectivity index is 0.000000570. The van der Waals surface area contributed by atoms with E-state index in [1.54, 1.807) is 38.2 Å². The van der Waals surface area contributed by atoms with Crippen LogP contribution in [0.3, 0.4) is 0 Å². The van der Waals surface area contributed by atoms with Gasteiger partial charge >= 0.3 is 11.9 Å². The number of nitrogens with zero attached hydrogens (tertiary/aromatic N) is 1. The van der Waals surface area contributed by atoms with Gasteiger partial charge in [-0.05, 0) is 31.4 Å². The molecule has 2 aromatic rings. The highest BCUT2D eigenvalue weighted by Gasteiger charge is 2.32. The van der Waals surface area contributed by atoms with Crippen molar-refractivity contribution in [1.29, 1.82) is 0 Å².